The van der Waals surface area contributed by atoms with Crippen LogP contribution >= 0.6 is 15.9 Å². The molecule has 106 valence electrons. The minimum Gasteiger partial charge on any atom is -0.299 e. The van der Waals surface area contributed by atoms with Gasteiger partial charge >= 0.3 is 0 Å². The van der Waals surface area contributed by atoms with Gasteiger partial charge in [-0.15, -0.1) is 0 Å². The summed E-state index contributed by atoms with van der Waals surface area (Å²) < 4.78 is 28.6. The molecule has 0 fully saturated rings. The third kappa shape index (κ3) is 2.88. The van der Waals surface area contributed by atoms with Crippen LogP contribution in [0.4, 0.5) is 8.78 Å². The van der Waals surface area contributed by atoms with Crippen LogP contribution in [-0.2, 0) is 0 Å². The van der Waals surface area contributed by atoms with Gasteiger partial charge in [0.05, 0.1) is 0 Å². The first-order valence-electron chi connectivity index (χ1n) is 6.34. The van der Waals surface area contributed by atoms with Gasteiger partial charge in [-0.2, -0.15) is 0 Å². The normalized spacial score (nSPS) is 11.0. The lowest BCUT2D eigenvalue weighted by Crippen LogP contribution is -1.95. The van der Waals surface area contributed by atoms with Crippen LogP contribution in [0.5, 0.6) is 0 Å². The minimum absolute atomic E-state index is 0.225. The van der Waals surface area contributed by atoms with Crippen molar-refractivity contribution >= 4 is 15.9 Å². The molecule has 3 aromatic rings. The Labute approximate surface area is 129 Å². The molecule has 1 heterocycles. The summed E-state index contributed by atoms with van der Waals surface area (Å²) in [6, 6.07) is 16.7. The number of rotatable bonds is 3. The van der Waals surface area contributed by atoms with Crippen LogP contribution in [0, 0.1) is 0 Å². The SMILES string of the molecule is FC(F)c1cn(-c2ccc(Br)cc2)c(-c2ccccc2)n1. The van der Waals surface area contributed by atoms with Gasteiger partial charge in [0.15, 0.2) is 0 Å². The van der Waals surface area contributed by atoms with Crippen molar-refractivity contribution in [2.24, 2.45) is 0 Å². The molecule has 0 spiro atoms. The zero-order valence-corrected chi connectivity index (χ0v) is 12.5. The van der Waals surface area contributed by atoms with Crippen LogP contribution in [0.1, 0.15) is 12.1 Å². The number of hydrogen-bond donors (Lipinski definition) is 0. The molecule has 0 saturated heterocycles. The topological polar surface area (TPSA) is 17.8 Å². The number of nitrogens with zero attached hydrogens (tertiary/aromatic N) is 2. The van der Waals surface area contributed by atoms with E-state index < -0.39 is 6.43 Å². The van der Waals surface area contributed by atoms with Crippen molar-refractivity contribution in [3.8, 4) is 17.1 Å². The van der Waals surface area contributed by atoms with Crippen LogP contribution in [0.25, 0.3) is 17.1 Å². The Balaban J connectivity index is 2.16. The van der Waals surface area contributed by atoms with Crippen molar-refractivity contribution in [3.63, 3.8) is 0 Å². The van der Waals surface area contributed by atoms with Crippen LogP contribution in [0.15, 0.2) is 65.3 Å². The average Bonchev–Trinajstić information content (AvgIpc) is 2.94. The van der Waals surface area contributed by atoms with E-state index in [0.717, 1.165) is 15.7 Å². The summed E-state index contributed by atoms with van der Waals surface area (Å²) in [7, 11) is 0. The maximum atomic E-state index is 13.0. The van der Waals surface area contributed by atoms with E-state index in [-0.39, 0.29) is 5.69 Å². The average molecular weight is 349 g/mol. The maximum Gasteiger partial charge on any atom is 0.281 e. The summed E-state index contributed by atoms with van der Waals surface area (Å²) in [5.41, 5.74) is 1.36. The van der Waals surface area contributed by atoms with E-state index in [1.807, 2.05) is 54.6 Å². The van der Waals surface area contributed by atoms with E-state index in [1.54, 1.807) is 4.57 Å². The number of halogens is 3. The summed E-state index contributed by atoms with van der Waals surface area (Å²) in [6.45, 7) is 0. The van der Waals surface area contributed by atoms with Crippen molar-refractivity contribution in [1.82, 2.24) is 9.55 Å². The van der Waals surface area contributed by atoms with Gasteiger partial charge in [0, 0.05) is 21.9 Å². The largest absolute Gasteiger partial charge is 0.299 e. The fourth-order valence-corrected chi connectivity index (χ4v) is 2.36. The van der Waals surface area contributed by atoms with Crippen LogP contribution < -0.4 is 0 Å². The minimum atomic E-state index is -2.59. The Morgan fingerprint density at radius 1 is 0.952 bits per heavy atom. The predicted molar refractivity (Wildman–Crippen MR) is 81.7 cm³/mol. The van der Waals surface area contributed by atoms with Crippen molar-refractivity contribution in [2.45, 2.75) is 6.43 Å². The van der Waals surface area contributed by atoms with Crippen LogP contribution in [0.2, 0.25) is 0 Å². The van der Waals surface area contributed by atoms with E-state index in [9.17, 15) is 8.78 Å². The fourth-order valence-electron chi connectivity index (χ4n) is 2.09. The molecular weight excluding hydrogens is 338 g/mol. The van der Waals surface area contributed by atoms with Crippen LogP contribution in [-0.4, -0.2) is 9.55 Å². The highest BCUT2D eigenvalue weighted by Crippen LogP contribution is 2.27. The molecule has 0 radical (unpaired) electrons. The van der Waals surface area contributed by atoms with Crippen molar-refractivity contribution < 1.29 is 8.78 Å². The van der Waals surface area contributed by atoms with Gasteiger partial charge in [0.25, 0.3) is 6.43 Å². The van der Waals surface area contributed by atoms with Crippen LogP contribution in [0.3, 0.4) is 0 Å². The molecule has 0 aliphatic rings. The van der Waals surface area contributed by atoms with Crippen molar-refractivity contribution in [1.29, 1.82) is 0 Å². The van der Waals surface area contributed by atoms with Gasteiger partial charge in [0.1, 0.15) is 11.5 Å². The quantitative estimate of drug-likeness (QED) is 0.632. The van der Waals surface area contributed by atoms with E-state index >= 15 is 0 Å². The zero-order valence-electron chi connectivity index (χ0n) is 10.9. The van der Waals surface area contributed by atoms with E-state index in [1.165, 1.54) is 6.20 Å². The van der Waals surface area contributed by atoms with E-state index in [2.05, 4.69) is 20.9 Å². The number of benzene rings is 2. The molecule has 0 N–H and O–H groups in total. The molecule has 21 heavy (non-hydrogen) atoms. The molecule has 0 bridgehead atoms. The van der Waals surface area contributed by atoms with Gasteiger partial charge in [-0.3, -0.25) is 4.57 Å². The molecule has 5 heteroatoms. The Kier molecular flexibility index (Phi) is 3.84. The molecule has 0 atom stereocenters. The van der Waals surface area contributed by atoms with Gasteiger partial charge in [-0.25, -0.2) is 13.8 Å². The first-order valence-corrected chi connectivity index (χ1v) is 7.13. The van der Waals surface area contributed by atoms with Gasteiger partial charge in [0.2, 0.25) is 0 Å². The second-order valence-corrected chi connectivity index (χ2v) is 5.42. The monoisotopic (exact) mass is 348 g/mol. The molecule has 0 aliphatic heterocycles. The smallest absolute Gasteiger partial charge is 0.281 e. The Morgan fingerprint density at radius 2 is 1.62 bits per heavy atom. The van der Waals surface area contributed by atoms with Crippen molar-refractivity contribution in [2.75, 3.05) is 0 Å². The lowest BCUT2D eigenvalue weighted by molar-refractivity contribution is 0.146. The predicted octanol–water partition coefficient (Wildman–Crippen LogP) is 5.24. The molecule has 2 aromatic carbocycles. The molecular formula is C16H11BrF2N2. The maximum absolute atomic E-state index is 13.0. The standard InChI is InChI=1S/C16H11BrF2N2/c17-12-6-8-13(9-7-12)21-10-14(15(18)19)20-16(21)11-4-2-1-3-5-11/h1-10,15H. The van der Waals surface area contributed by atoms with Gasteiger partial charge in [-0.05, 0) is 24.3 Å². The lowest BCUT2D eigenvalue weighted by atomic mass is 10.2. The Morgan fingerprint density at radius 3 is 2.24 bits per heavy atom. The second kappa shape index (κ2) is 5.77. The molecule has 0 amide bonds. The van der Waals surface area contributed by atoms with E-state index in [0.29, 0.717) is 5.82 Å². The number of imidazole rings is 1. The Bertz CT molecular complexity index is 737. The lowest BCUT2D eigenvalue weighted by Gasteiger charge is -2.07. The first kappa shape index (κ1) is 13.9. The highest BCUT2D eigenvalue weighted by Gasteiger charge is 2.17. The molecule has 0 aliphatic carbocycles. The summed E-state index contributed by atoms with van der Waals surface area (Å²) in [5.74, 6) is 0.508. The molecule has 1 aromatic heterocycles. The highest BCUT2D eigenvalue weighted by atomic mass is 79.9. The Hall–Kier alpha value is -2.01. The molecule has 2 nitrogen and oxygen atoms in total. The number of alkyl halides is 2. The molecule has 0 saturated carbocycles. The summed E-state index contributed by atoms with van der Waals surface area (Å²) >= 11 is 3.36. The fraction of sp³-hybridized carbons (Fsp3) is 0.0625. The van der Waals surface area contributed by atoms with Gasteiger partial charge < -0.3 is 0 Å². The summed E-state index contributed by atoms with van der Waals surface area (Å²) in [6.07, 6.45) is -1.21. The number of hydrogen-bond acceptors (Lipinski definition) is 1. The third-order valence-corrected chi connectivity index (χ3v) is 3.61. The zero-order chi connectivity index (χ0) is 14.8. The summed E-state index contributed by atoms with van der Waals surface area (Å²) in [5, 5.41) is 0. The first-order chi connectivity index (χ1) is 10.1. The number of aromatic nitrogens is 2. The second-order valence-electron chi connectivity index (χ2n) is 4.50. The highest BCUT2D eigenvalue weighted by molar-refractivity contribution is 9.10. The van der Waals surface area contributed by atoms with E-state index in [4.69, 9.17) is 0 Å². The third-order valence-electron chi connectivity index (χ3n) is 3.08. The summed E-state index contributed by atoms with van der Waals surface area (Å²) in [4.78, 5) is 4.08. The molecule has 0 unspecified atom stereocenters. The molecule has 3 rings (SSSR count). The van der Waals surface area contributed by atoms with Gasteiger partial charge in [-0.1, -0.05) is 46.3 Å². The van der Waals surface area contributed by atoms with Crippen molar-refractivity contribution in [3.05, 3.63) is 71.0 Å².